The third kappa shape index (κ3) is 5.90. The number of carbonyl (C=O) groups excluding carboxylic acids is 1. The Hall–Kier alpha value is -5.05. The number of alkyl halides is 3. The summed E-state index contributed by atoms with van der Waals surface area (Å²) in [7, 11) is 3.37. The molecule has 11 nitrogen and oxygen atoms in total. The van der Waals surface area contributed by atoms with E-state index in [1.807, 2.05) is 22.5 Å². The summed E-state index contributed by atoms with van der Waals surface area (Å²) in [6, 6.07) is 6.63. The van der Waals surface area contributed by atoms with E-state index in [1.54, 1.807) is 18.3 Å². The van der Waals surface area contributed by atoms with Crippen LogP contribution in [0.15, 0.2) is 55.1 Å². The minimum absolute atomic E-state index is 0.0623. The minimum Gasteiger partial charge on any atom is -0.495 e. The molecule has 0 aliphatic carbocycles. The molecule has 3 N–H and O–H groups in total. The highest BCUT2D eigenvalue weighted by Gasteiger charge is 2.32. The number of nitrogen functional groups attached to an aromatic ring is 1. The van der Waals surface area contributed by atoms with Gasteiger partial charge in [0, 0.05) is 38.1 Å². The number of carbonyl (C=O) groups is 1. The molecule has 0 bridgehead atoms. The number of fused-ring (bicyclic) bond motifs is 1. The summed E-state index contributed by atoms with van der Waals surface area (Å²) in [5.74, 6) is -0.767. The number of ether oxygens (including phenoxy) is 1. The second kappa shape index (κ2) is 11.8. The Morgan fingerprint density at radius 3 is 2.56 bits per heavy atom. The van der Waals surface area contributed by atoms with Gasteiger partial charge in [-0.05, 0) is 43.2 Å². The van der Waals surface area contributed by atoms with Gasteiger partial charge in [-0.1, -0.05) is 6.07 Å². The van der Waals surface area contributed by atoms with Crippen LogP contribution in [0.4, 0.5) is 29.1 Å². The maximum absolute atomic E-state index is 14.4. The van der Waals surface area contributed by atoms with Gasteiger partial charge < -0.3 is 20.4 Å². The SMILES string of the molecule is COc1cc(-c2nn(C3CCN(Cc4nccn4C)CC3)c3ncnc(N)c23)ccc1NC(=O)c1ccc(C(F)(F)F)cc1F. The number of hydrogen-bond acceptors (Lipinski definition) is 8. The third-order valence-electron chi connectivity index (χ3n) is 7.97. The normalized spacial score (nSPS) is 14.6. The fraction of sp³-hybridized carbons (Fsp3) is 0.300. The number of benzene rings is 2. The Morgan fingerprint density at radius 1 is 1.11 bits per heavy atom. The number of hydrogen-bond donors (Lipinski definition) is 2. The Kier molecular flexibility index (Phi) is 7.87. The van der Waals surface area contributed by atoms with Gasteiger partial charge in [-0.3, -0.25) is 9.69 Å². The van der Waals surface area contributed by atoms with Crippen molar-refractivity contribution in [2.75, 3.05) is 31.2 Å². The number of halogens is 4. The molecular formula is C30H29F4N9O2. The van der Waals surface area contributed by atoms with E-state index < -0.39 is 29.0 Å². The molecule has 0 saturated carbocycles. The van der Waals surface area contributed by atoms with Crippen molar-refractivity contribution in [2.45, 2.75) is 31.6 Å². The lowest BCUT2D eigenvalue weighted by atomic mass is 10.1. The van der Waals surface area contributed by atoms with E-state index in [0.29, 0.717) is 28.4 Å². The zero-order valence-corrected chi connectivity index (χ0v) is 24.3. The van der Waals surface area contributed by atoms with Crippen molar-refractivity contribution in [1.82, 2.24) is 34.2 Å². The van der Waals surface area contributed by atoms with E-state index in [1.165, 1.54) is 19.5 Å². The smallest absolute Gasteiger partial charge is 0.416 e. The first-order chi connectivity index (χ1) is 21.5. The Morgan fingerprint density at radius 2 is 1.89 bits per heavy atom. The van der Waals surface area contributed by atoms with Gasteiger partial charge in [0.05, 0.1) is 41.9 Å². The largest absolute Gasteiger partial charge is 0.495 e. The van der Waals surface area contributed by atoms with Crippen LogP contribution < -0.4 is 15.8 Å². The molecule has 0 radical (unpaired) electrons. The molecule has 5 aromatic rings. The second-order valence-electron chi connectivity index (χ2n) is 10.8. The van der Waals surface area contributed by atoms with E-state index in [0.717, 1.165) is 44.4 Å². The maximum Gasteiger partial charge on any atom is 0.416 e. The molecule has 15 heteroatoms. The highest BCUT2D eigenvalue weighted by molar-refractivity contribution is 6.06. The van der Waals surface area contributed by atoms with Crippen molar-refractivity contribution in [3.8, 4) is 17.0 Å². The van der Waals surface area contributed by atoms with Crippen molar-refractivity contribution >= 4 is 28.4 Å². The van der Waals surface area contributed by atoms with Crippen LogP contribution in [0.25, 0.3) is 22.3 Å². The van der Waals surface area contributed by atoms with E-state index in [-0.39, 0.29) is 29.4 Å². The van der Waals surface area contributed by atoms with E-state index in [9.17, 15) is 22.4 Å². The lowest BCUT2D eigenvalue weighted by Crippen LogP contribution is -2.35. The number of piperidine rings is 1. The van der Waals surface area contributed by atoms with Crippen molar-refractivity contribution in [3.63, 3.8) is 0 Å². The topological polar surface area (TPSA) is 129 Å². The van der Waals surface area contributed by atoms with Gasteiger partial charge >= 0.3 is 6.18 Å². The summed E-state index contributed by atoms with van der Waals surface area (Å²) >= 11 is 0. The molecule has 0 spiro atoms. The van der Waals surface area contributed by atoms with E-state index in [2.05, 4.69) is 25.2 Å². The van der Waals surface area contributed by atoms with Crippen LogP contribution in [0.1, 0.15) is 40.6 Å². The van der Waals surface area contributed by atoms with E-state index in [4.69, 9.17) is 15.6 Å². The van der Waals surface area contributed by atoms with Crippen molar-refractivity contribution in [2.24, 2.45) is 7.05 Å². The molecule has 0 atom stereocenters. The van der Waals surface area contributed by atoms with Crippen LogP contribution in [0.5, 0.6) is 5.75 Å². The van der Waals surface area contributed by atoms with Crippen LogP contribution in [-0.2, 0) is 19.8 Å². The lowest BCUT2D eigenvalue weighted by Gasteiger charge is -2.31. The zero-order chi connectivity index (χ0) is 31.9. The first kappa shape index (κ1) is 30.0. The van der Waals surface area contributed by atoms with Crippen LogP contribution in [0.2, 0.25) is 0 Å². The summed E-state index contributed by atoms with van der Waals surface area (Å²) in [4.78, 5) is 28.3. The average molecular weight is 624 g/mol. The number of imidazole rings is 1. The van der Waals surface area contributed by atoms with Crippen molar-refractivity contribution in [1.29, 1.82) is 0 Å². The third-order valence-corrected chi connectivity index (χ3v) is 7.97. The van der Waals surface area contributed by atoms with Crippen LogP contribution in [0, 0.1) is 5.82 Å². The number of amides is 1. The van der Waals surface area contributed by atoms with Gasteiger partial charge in [0.15, 0.2) is 5.65 Å². The summed E-state index contributed by atoms with van der Waals surface area (Å²) in [5.41, 5.74) is 6.47. The highest BCUT2D eigenvalue weighted by atomic mass is 19.4. The number of nitrogens with zero attached hydrogens (tertiary/aromatic N) is 7. The summed E-state index contributed by atoms with van der Waals surface area (Å²) in [6.45, 7) is 2.44. The Labute approximate surface area is 254 Å². The molecule has 234 valence electrons. The molecule has 45 heavy (non-hydrogen) atoms. The number of likely N-dealkylation sites (tertiary alicyclic amines) is 1. The fourth-order valence-electron chi connectivity index (χ4n) is 5.53. The molecule has 1 amide bonds. The summed E-state index contributed by atoms with van der Waals surface area (Å²) in [6.07, 6.45) is 2.04. The molecule has 4 heterocycles. The quantitative estimate of drug-likeness (QED) is 0.241. The molecule has 1 aliphatic heterocycles. The Balaban J connectivity index is 1.26. The predicted molar refractivity (Wildman–Crippen MR) is 158 cm³/mol. The average Bonchev–Trinajstić information content (AvgIpc) is 3.61. The molecular weight excluding hydrogens is 594 g/mol. The van der Waals surface area contributed by atoms with Crippen LogP contribution in [0.3, 0.4) is 0 Å². The summed E-state index contributed by atoms with van der Waals surface area (Å²) < 4.78 is 62.6. The van der Waals surface area contributed by atoms with Gasteiger partial charge in [0.25, 0.3) is 5.91 Å². The van der Waals surface area contributed by atoms with Crippen molar-refractivity contribution < 1.29 is 27.1 Å². The van der Waals surface area contributed by atoms with Gasteiger partial charge in [0.2, 0.25) is 0 Å². The van der Waals surface area contributed by atoms with Gasteiger partial charge in [-0.25, -0.2) is 24.0 Å². The number of aromatic nitrogens is 6. The lowest BCUT2D eigenvalue weighted by molar-refractivity contribution is -0.137. The molecule has 1 aliphatic rings. The molecule has 3 aromatic heterocycles. The predicted octanol–water partition coefficient (Wildman–Crippen LogP) is 5.06. The van der Waals surface area contributed by atoms with Gasteiger partial charge in [0.1, 0.15) is 35.2 Å². The number of anilines is 2. The first-order valence-corrected chi connectivity index (χ1v) is 14.1. The summed E-state index contributed by atoms with van der Waals surface area (Å²) in [5, 5.41) is 8.01. The number of aryl methyl sites for hydroxylation is 1. The van der Waals surface area contributed by atoms with Crippen molar-refractivity contribution in [3.05, 3.63) is 77.9 Å². The molecule has 0 unspecified atom stereocenters. The van der Waals surface area contributed by atoms with Gasteiger partial charge in [-0.15, -0.1) is 0 Å². The van der Waals surface area contributed by atoms with E-state index >= 15 is 0 Å². The number of methoxy groups -OCH3 is 1. The molecule has 1 fully saturated rings. The molecule has 1 saturated heterocycles. The standard InChI is InChI=1S/C30H29F4N9O2/c1-41-12-9-36-24(41)15-42-10-7-19(8-11-42)43-28-25(27(35)37-16-38-28)26(40-43)17-3-6-22(23(13-17)45-2)39-29(44)20-5-4-18(14-21(20)31)30(32,33)34/h3-6,9,12-14,16,19H,7-8,10-11,15H2,1-2H3,(H,39,44)(H2,35,37,38). The zero-order valence-electron chi connectivity index (χ0n) is 24.3. The minimum atomic E-state index is -4.74. The number of nitrogens with one attached hydrogen (secondary N) is 1. The van der Waals surface area contributed by atoms with Gasteiger partial charge in [-0.2, -0.15) is 18.3 Å². The highest BCUT2D eigenvalue weighted by Crippen LogP contribution is 2.38. The Bertz CT molecular complexity index is 1880. The maximum atomic E-state index is 14.4. The first-order valence-electron chi connectivity index (χ1n) is 14.1. The molecule has 2 aromatic carbocycles. The number of nitrogens with two attached hydrogens (primary N) is 1. The van der Waals surface area contributed by atoms with Crippen LogP contribution in [-0.4, -0.2) is 60.3 Å². The fourth-order valence-corrected chi connectivity index (χ4v) is 5.53. The molecule has 6 rings (SSSR count). The van der Waals surface area contributed by atoms with Crippen LogP contribution >= 0.6 is 0 Å². The monoisotopic (exact) mass is 623 g/mol. The second-order valence-corrected chi connectivity index (χ2v) is 10.8. The number of rotatable bonds is 7.